The van der Waals surface area contributed by atoms with Crippen LogP contribution in [0, 0.1) is 0 Å². The summed E-state index contributed by atoms with van der Waals surface area (Å²) >= 11 is 0. The zero-order valence-electron chi connectivity index (χ0n) is 19.1. The third kappa shape index (κ3) is 4.46. The molecule has 1 N–H and O–H groups in total. The zero-order chi connectivity index (χ0) is 23.7. The standard InChI is InChI=1S/C25H28N4O4/c1-16(30)17-7-10-19(11-8-17)26-23(31)15-29-22-14-18(24(32)27(2)3)9-12-20(22)28-13-5-4-6-21(28)25(29)33/h7-12,14,21H,4-6,13,15H2,1-3H3,(H,26,31). The van der Waals surface area contributed by atoms with Gasteiger partial charge < -0.3 is 15.1 Å². The Kier molecular flexibility index (Phi) is 6.18. The predicted octanol–water partition coefficient (Wildman–Crippen LogP) is 2.94. The van der Waals surface area contributed by atoms with Crippen LogP contribution in [0.4, 0.5) is 17.1 Å². The monoisotopic (exact) mass is 448 g/mol. The first kappa shape index (κ1) is 22.5. The van der Waals surface area contributed by atoms with Crippen LogP contribution in [-0.2, 0) is 9.59 Å². The largest absolute Gasteiger partial charge is 0.358 e. The number of nitrogens with zero attached hydrogens (tertiary/aromatic N) is 3. The van der Waals surface area contributed by atoms with Crippen LogP contribution in [-0.4, -0.2) is 61.6 Å². The van der Waals surface area contributed by atoms with Gasteiger partial charge in [0, 0.05) is 37.5 Å². The SMILES string of the molecule is CC(=O)c1ccc(NC(=O)CN2C(=O)C3CCCCN3c3ccc(C(=O)N(C)C)cc32)cc1. The Morgan fingerprint density at radius 2 is 1.70 bits per heavy atom. The molecule has 0 spiro atoms. The van der Waals surface area contributed by atoms with Crippen LogP contribution in [0.5, 0.6) is 0 Å². The van der Waals surface area contributed by atoms with Gasteiger partial charge in [0.25, 0.3) is 5.91 Å². The molecule has 3 amide bonds. The van der Waals surface area contributed by atoms with Crippen molar-refractivity contribution in [2.45, 2.75) is 32.2 Å². The van der Waals surface area contributed by atoms with Crippen LogP contribution in [0.1, 0.15) is 46.9 Å². The Morgan fingerprint density at radius 1 is 1.00 bits per heavy atom. The van der Waals surface area contributed by atoms with Gasteiger partial charge in [-0.15, -0.1) is 0 Å². The number of Topliss-reactive ketones (excluding diaryl/α,β-unsaturated/α-hetero) is 1. The topological polar surface area (TPSA) is 90.0 Å². The van der Waals surface area contributed by atoms with E-state index in [9.17, 15) is 19.2 Å². The number of hydrogen-bond donors (Lipinski definition) is 1. The highest BCUT2D eigenvalue weighted by Crippen LogP contribution is 2.40. The molecule has 8 heteroatoms. The van der Waals surface area contributed by atoms with E-state index >= 15 is 0 Å². The van der Waals surface area contributed by atoms with Crippen molar-refractivity contribution in [3.05, 3.63) is 53.6 Å². The van der Waals surface area contributed by atoms with Crippen LogP contribution in [0.25, 0.3) is 0 Å². The fourth-order valence-electron chi connectivity index (χ4n) is 4.44. The molecular weight excluding hydrogens is 420 g/mol. The van der Waals surface area contributed by atoms with Crippen LogP contribution < -0.4 is 15.1 Å². The second-order valence-electron chi connectivity index (χ2n) is 8.71. The van der Waals surface area contributed by atoms with Gasteiger partial charge in [0.15, 0.2) is 5.78 Å². The molecule has 1 atom stereocenters. The molecule has 0 radical (unpaired) electrons. The van der Waals surface area contributed by atoms with Gasteiger partial charge in [0.2, 0.25) is 11.8 Å². The molecule has 0 aliphatic carbocycles. The molecule has 0 aromatic heterocycles. The maximum atomic E-state index is 13.4. The van der Waals surface area contributed by atoms with Crippen molar-refractivity contribution in [3.8, 4) is 0 Å². The van der Waals surface area contributed by atoms with Gasteiger partial charge in [-0.2, -0.15) is 0 Å². The second kappa shape index (κ2) is 9.05. The van der Waals surface area contributed by atoms with Crippen molar-refractivity contribution in [2.24, 2.45) is 0 Å². The van der Waals surface area contributed by atoms with Gasteiger partial charge >= 0.3 is 0 Å². The molecule has 4 rings (SSSR count). The molecule has 1 unspecified atom stereocenters. The summed E-state index contributed by atoms with van der Waals surface area (Å²) in [6, 6.07) is 11.7. The number of nitrogens with one attached hydrogen (secondary N) is 1. The number of hydrogen-bond acceptors (Lipinski definition) is 5. The van der Waals surface area contributed by atoms with Gasteiger partial charge in [-0.3, -0.25) is 24.1 Å². The maximum Gasteiger partial charge on any atom is 0.253 e. The minimum atomic E-state index is -0.349. The van der Waals surface area contributed by atoms with Crippen molar-refractivity contribution in [3.63, 3.8) is 0 Å². The van der Waals surface area contributed by atoms with Gasteiger partial charge in [-0.1, -0.05) is 0 Å². The number of anilines is 3. The lowest BCUT2D eigenvalue weighted by atomic mass is 9.95. The lowest BCUT2D eigenvalue weighted by molar-refractivity contribution is -0.123. The van der Waals surface area contributed by atoms with E-state index in [0.717, 1.165) is 31.5 Å². The molecule has 0 bridgehead atoms. The highest BCUT2D eigenvalue weighted by Gasteiger charge is 2.40. The van der Waals surface area contributed by atoms with Crippen molar-refractivity contribution in [1.29, 1.82) is 0 Å². The van der Waals surface area contributed by atoms with E-state index in [4.69, 9.17) is 0 Å². The van der Waals surface area contributed by atoms with E-state index in [0.29, 0.717) is 22.5 Å². The van der Waals surface area contributed by atoms with Crippen LogP contribution >= 0.6 is 0 Å². The van der Waals surface area contributed by atoms with Crippen LogP contribution in [0.2, 0.25) is 0 Å². The van der Waals surface area contributed by atoms with Crippen molar-refractivity contribution < 1.29 is 19.2 Å². The molecule has 1 fully saturated rings. The van der Waals surface area contributed by atoms with Crippen LogP contribution in [0.3, 0.4) is 0 Å². The van der Waals surface area contributed by atoms with Gasteiger partial charge in [0.1, 0.15) is 12.6 Å². The molecule has 2 aromatic rings. The van der Waals surface area contributed by atoms with E-state index < -0.39 is 0 Å². The summed E-state index contributed by atoms with van der Waals surface area (Å²) in [5, 5.41) is 2.80. The first-order valence-corrected chi connectivity index (χ1v) is 11.1. The predicted molar refractivity (Wildman–Crippen MR) is 127 cm³/mol. The third-order valence-corrected chi connectivity index (χ3v) is 6.16. The molecule has 172 valence electrons. The highest BCUT2D eigenvalue weighted by atomic mass is 16.2. The van der Waals surface area contributed by atoms with E-state index in [1.54, 1.807) is 50.5 Å². The number of carbonyl (C=O) groups excluding carboxylic acids is 4. The van der Waals surface area contributed by atoms with E-state index in [1.165, 1.54) is 16.7 Å². The second-order valence-corrected chi connectivity index (χ2v) is 8.71. The smallest absolute Gasteiger partial charge is 0.253 e. The van der Waals surface area contributed by atoms with Gasteiger partial charge in [-0.25, -0.2) is 0 Å². The molecule has 33 heavy (non-hydrogen) atoms. The molecular formula is C25H28N4O4. The van der Waals surface area contributed by atoms with E-state index in [1.807, 2.05) is 6.07 Å². The average molecular weight is 449 g/mol. The average Bonchev–Trinajstić information content (AvgIpc) is 2.81. The summed E-state index contributed by atoms with van der Waals surface area (Å²) < 4.78 is 0. The normalized spacial score (nSPS) is 17.2. The Labute approximate surface area is 193 Å². The molecule has 2 aliphatic heterocycles. The Balaban J connectivity index is 1.62. The van der Waals surface area contributed by atoms with Crippen molar-refractivity contribution in [2.75, 3.05) is 42.3 Å². The Morgan fingerprint density at radius 3 is 2.36 bits per heavy atom. The summed E-state index contributed by atoms with van der Waals surface area (Å²) in [4.78, 5) is 55.4. The number of piperidine rings is 1. The minimum absolute atomic E-state index is 0.0523. The fourth-order valence-corrected chi connectivity index (χ4v) is 4.44. The fraction of sp³-hybridized carbons (Fsp3) is 0.360. The van der Waals surface area contributed by atoms with E-state index in [-0.39, 0.29) is 36.1 Å². The van der Waals surface area contributed by atoms with Crippen molar-refractivity contribution in [1.82, 2.24) is 4.90 Å². The minimum Gasteiger partial charge on any atom is -0.358 e. The lowest BCUT2D eigenvalue weighted by Gasteiger charge is -2.45. The molecule has 1 saturated heterocycles. The number of benzene rings is 2. The first-order valence-electron chi connectivity index (χ1n) is 11.1. The molecule has 2 aromatic carbocycles. The van der Waals surface area contributed by atoms with E-state index in [2.05, 4.69) is 10.2 Å². The van der Waals surface area contributed by atoms with Crippen molar-refractivity contribution >= 4 is 40.6 Å². The van der Waals surface area contributed by atoms with Gasteiger partial charge in [0.05, 0.1) is 11.4 Å². The third-order valence-electron chi connectivity index (χ3n) is 6.16. The molecule has 2 aliphatic rings. The zero-order valence-corrected chi connectivity index (χ0v) is 19.1. The number of carbonyl (C=O) groups is 4. The molecule has 0 saturated carbocycles. The first-order chi connectivity index (χ1) is 15.8. The molecule has 2 heterocycles. The van der Waals surface area contributed by atoms with Gasteiger partial charge in [-0.05, 0) is 68.7 Å². The maximum absolute atomic E-state index is 13.4. The summed E-state index contributed by atoms with van der Waals surface area (Å²) in [5.74, 6) is -0.693. The van der Waals surface area contributed by atoms with Crippen LogP contribution in [0.15, 0.2) is 42.5 Å². The number of rotatable bonds is 5. The summed E-state index contributed by atoms with van der Waals surface area (Å²) in [6.07, 6.45) is 2.70. The number of amides is 3. The highest BCUT2D eigenvalue weighted by molar-refractivity contribution is 6.11. The quantitative estimate of drug-likeness (QED) is 0.711. The summed E-state index contributed by atoms with van der Waals surface area (Å²) in [5.41, 5.74) is 3.02. The Bertz CT molecular complexity index is 1110. The molecule has 8 nitrogen and oxygen atoms in total. The summed E-state index contributed by atoms with van der Waals surface area (Å²) in [6.45, 7) is 2.09. The number of fused-ring (bicyclic) bond motifs is 3. The summed E-state index contributed by atoms with van der Waals surface area (Å²) in [7, 11) is 3.35. The lowest BCUT2D eigenvalue weighted by Crippen LogP contribution is -2.56. The number of ketones is 1. The Hall–Kier alpha value is -3.68.